The minimum absolute atomic E-state index is 0.208. The lowest BCUT2D eigenvalue weighted by atomic mass is 9.96. The van der Waals surface area contributed by atoms with Crippen LogP contribution in [-0.2, 0) is 22.6 Å². The molecule has 0 unspecified atom stereocenters. The van der Waals surface area contributed by atoms with E-state index in [-0.39, 0.29) is 18.4 Å². The van der Waals surface area contributed by atoms with Crippen LogP contribution >= 0.6 is 11.3 Å². The van der Waals surface area contributed by atoms with Gasteiger partial charge >= 0.3 is 0 Å². The Morgan fingerprint density at radius 3 is 2.33 bits per heavy atom. The number of hydrazine groups is 1. The van der Waals surface area contributed by atoms with Crippen LogP contribution in [0.3, 0.4) is 0 Å². The van der Waals surface area contributed by atoms with Gasteiger partial charge in [0, 0.05) is 28.3 Å². The first-order valence-corrected chi connectivity index (χ1v) is 9.96. The Morgan fingerprint density at radius 1 is 1.04 bits per heavy atom. The van der Waals surface area contributed by atoms with Gasteiger partial charge in [0.15, 0.2) is 0 Å². The van der Waals surface area contributed by atoms with Crippen molar-refractivity contribution in [3.05, 3.63) is 57.8 Å². The van der Waals surface area contributed by atoms with Crippen molar-refractivity contribution in [1.82, 2.24) is 15.8 Å². The fourth-order valence-electron chi connectivity index (χ4n) is 2.49. The van der Waals surface area contributed by atoms with E-state index in [4.69, 9.17) is 0 Å². The minimum Gasteiger partial charge on any atom is -0.289 e. The zero-order valence-electron chi connectivity index (χ0n) is 16.5. The zero-order valence-corrected chi connectivity index (χ0v) is 17.4. The normalized spacial score (nSPS) is 11.4. The minimum atomic E-state index is -0.547. The predicted molar refractivity (Wildman–Crippen MR) is 110 cm³/mol. The van der Waals surface area contributed by atoms with Crippen LogP contribution < -0.4 is 10.9 Å². The number of amides is 2. The van der Waals surface area contributed by atoms with E-state index in [9.17, 15) is 9.59 Å². The Kier molecular flexibility index (Phi) is 7.56. The van der Waals surface area contributed by atoms with Crippen LogP contribution in [0, 0.1) is 12.3 Å². The molecule has 0 aliphatic rings. The molecule has 6 heteroatoms. The fourth-order valence-corrected chi connectivity index (χ4v) is 3.43. The topological polar surface area (TPSA) is 61.4 Å². The molecule has 146 valence electrons. The standard InChI is InChI=1S/C21H29N3O2S/c1-16-10-11-18(27-16)14-24(13-12-17-8-6-5-7-9-17)15-19(25)22-23-20(26)21(2,3)4/h5-11H,12-15H2,1-4H3,(H,22,25)(H,23,26). The monoisotopic (exact) mass is 387 g/mol. The molecule has 1 aromatic heterocycles. The van der Waals surface area contributed by atoms with Crippen molar-refractivity contribution in [2.45, 2.75) is 40.7 Å². The van der Waals surface area contributed by atoms with Crippen molar-refractivity contribution in [2.24, 2.45) is 5.41 Å². The zero-order chi connectivity index (χ0) is 19.9. The lowest BCUT2D eigenvalue weighted by Gasteiger charge is -2.22. The lowest BCUT2D eigenvalue weighted by molar-refractivity contribution is -0.134. The summed E-state index contributed by atoms with van der Waals surface area (Å²) in [7, 11) is 0. The van der Waals surface area contributed by atoms with Gasteiger partial charge in [0.25, 0.3) is 5.91 Å². The van der Waals surface area contributed by atoms with Gasteiger partial charge in [-0.15, -0.1) is 11.3 Å². The summed E-state index contributed by atoms with van der Waals surface area (Å²) in [5.41, 5.74) is 5.73. The van der Waals surface area contributed by atoms with Crippen LogP contribution in [0.15, 0.2) is 42.5 Å². The maximum absolute atomic E-state index is 12.3. The molecule has 0 spiro atoms. The number of nitrogens with zero attached hydrogens (tertiary/aromatic N) is 1. The third-order valence-corrected chi connectivity index (χ3v) is 5.08. The number of thiophene rings is 1. The molecule has 27 heavy (non-hydrogen) atoms. The molecule has 5 nitrogen and oxygen atoms in total. The molecule has 2 rings (SSSR count). The molecular formula is C21H29N3O2S. The van der Waals surface area contributed by atoms with E-state index in [1.807, 2.05) is 18.2 Å². The van der Waals surface area contributed by atoms with Gasteiger partial charge in [-0.2, -0.15) is 0 Å². The fraction of sp³-hybridized carbons (Fsp3) is 0.429. The Labute approximate surface area is 165 Å². The van der Waals surface area contributed by atoms with E-state index in [0.717, 1.165) is 13.0 Å². The maximum atomic E-state index is 12.3. The largest absolute Gasteiger partial charge is 0.289 e. The molecule has 0 aliphatic heterocycles. The van der Waals surface area contributed by atoms with E-state index in [0.29, 0.717) is 6.54 Å². The molecule has 0 bridgehead atoms. The van der Waals surface area contributed by atoms with Crippen molar-refractivity contribution in [2.75, 3.05) is 13.1 Å². The molecular weight excluding hydrogens is 358 g/mol. The van der Waals surface area contributed by atoms with Crippen molar-refractivity contribution < 1.29 is 9.59 Å². The highest BCUT2D eigenvalue weighted by Crippen LogP contribution is 2.17. The van der Waals surface area contributed by atoms with Gasteiger partial charge in [0.05, 0.1) is 6.54 Å². The third-order valence-electron chi connectivity index (χ3n) is 4.10. The SMILES string of the molecule is Cc1ccc(CN(CCc2ccccc2)CC(=O)NNC(=O)C(C)(C)C)s1. The van der Waals surface area contributed by atoms with E-state index >= 15 is 0 Å². The summed E-state index contributed by atoms with van der Waals surface area (Å²) in [6.45, 7) is 9.21. The van der Waals surface area contributed by atoms with Crippen LogP contribution in [0.1, 0.15) is 36.1 Å². The number of carbonyl (C=O) groups excluding carboxylic acids is 2. The molecule has 0 fully saturated rings. The first-order chi connectivity index (χ1) is 12.7. The number of rotatable bonds is 7. The molecule has 2 aromatic rings. The Morgan fingerprint density at radius 2 is 1.74 bits per heavy atom. The van der Waals surface area contributed by atoms with Crippen molar-refractivity contribution in [3.8, 4) is 0 Å². The second-order valence-electron chi connectivity index (χ2n) is 7.71. The quantitative estimate of drug-likeness (QED) is 0.717. The van der Waals surface area contributed by atoms with Gasteiger partial charge in [0.2, 0.25) is 5.91 Å². The van der Waals surface area contributed by atoms with Crippen LogP contribution in [-0.4, -0.2) is 29.8 Å². The van der Waals surface area contributed by atoms with Crippen LogP contribution in [0.25, 0.3) is 0 Å². The van der Waals surface area contributed by atoms with E-state index in [1.54, 1.807) is 32.1 Å². The Bertz CT molecular complexity index is 750. The number of hydrogen-bond acceptors (Lipinski definition) is 4. The Hall–Kier alpha value is -2.18. The summed E-state index contributed by atoms with van der Waals surface area (Å²) in [4.78, 5) is 28.8. The van der Waals surface area contributed by atoms with Crippen molar-refractivity contribution >= 4 is 23.2 Å². The van der Waals surface area contributed by atoms with Crippen LogP contribution in [0.4, 0.5) is 0 Å². The third kappa shape index (κ3) is 7.53. The first kappa shape index (κ1) is 21.1. The van der Waals surface area contributed by atoms with Gasteiger partial charge in [0.1, 0.15) is 0 Å². The first-order valence-electron chi connectivity index (χ1n) is 9.15. The van der Waals surface area contributed by atoms with E-state index < -0.39 is 5.41 Å². The molecule has 0 atom stereocenters. The molecule has 0 radical (unpaired) electrons. The number of aryl methyl sites for hydroxylation is 1. The smallest absolute Gasteiger partial charge is 0.252 e. The second kappa shape index (κ2) is 9.67. The average Bonchev–Trinajstić information content (AvgIpc) is 3.02. The summed E-state index contributed by atoms with van der Waals surface area (Å²) >= 11 is 1.74. The summed E-state index contributed by atoms with van der Waals surface area (Å²) in [6, 6.07) is 14.4. The van der Waals surface area contributed by atoms with Gasteiger partial charge in [-0.25, -0.2) is 0 Å². The van der Waals surface area contributed by atoms with Gasteiger partial charge in [-0.1, -0.05) is 51.1 Å². The average molecular weight is 388 g/mol. The molecule has 2 N–H and O–H groups in total. The highest BCUT2D eigenvalue weighted by molar-refractivity contribution is 7.11. The molecule has 1 heterocycles. The molecule has 0 saturated carbocycles. The highest BCUT2D eigenvalue weighted by atomic mass is 32.1. The second-order valence-corrected chi connectivity index (χ2v) is 9.08. The van der Waals surface area contributed by atoms with Crippen LogP contribution in [0.2, 0.25) is 0 Å². The van der Waals surface area contributed by atoms with Gasteiger partial charge in [-0.3, -0.25) is 25.3 Å². The molecule has 0 aliphatic carbocycles. The van der Waals surface area contributed by atoms with Gasteiger partial charge < -0.3 is 0 Å². The number of benzene rings is 1. The Balaban J connectivity index is 1.93. The van der Waals surface area contributed by atoms with Crippen LogP contribution in [0.5, 0.6) is 0 Å². The number of carbonyl (C=O) groups is 2. The molecule has 1 aromatic carbocycles. The number of hydrogen-bond donors (Lipinski definition) is 2. The molecule has 0 saturated heterocycles. The predicted octanol–water partition coefficient (Wildman–Crippen LogP) is 3.29. The van der Waals surface area contributed by atoms with Gasteiger partial charge in [-0.05, 0) is 31.0 Å². The summed E-state index contributed by atoms with van der Waals surface area (Å²) in [5, 5.41) is 0. The number of nitrogens with one attached hydrogen (secondary N) is 2. The van der Waals surface area contributed by atoms with E-state index in [2.05, 4.69) is 46.9 Å². The summed E-state index contributed by atoms with van der Waals surface area (Å²) < 4.78 is 0. The van der Waals surface area contributed by atoms with E-state index in [1.165, 1.54) is 15.3 Å². The van der Waals surface area contributed by atoms with Crippen molar-refractivity contribution in [1.29, 1.82) is 0 Å². The molecule has 2 amide bonds. The summed E-state index contributed by atoms with van der Waals surface area (Å²) in [5.74, 6) is -0.422. The summed E-state index contributed by atoms with van der Waals surface area (Å²) in [6.07, 6.45) is 0.868. The highest BCUT2D eigenvalue weighted by Gasteiger charge is 2.22. The maximum Gasteiger partial charge on any atom is 0.252 e. The van der Waals surface area contributed by atoms with Crippen molar-refractivity contribution in [3.63, 3.8) is 0 Å². The lowest BCUT2D eigenvalue weighted by Crippen LogP contribution is -2.49.